The summed E-state index contributed by atoms with van der Waals surface area (Å²) in [4.78, 5) is 31.8. The number of non-ortho nitro benzene ring substituents is 1. The van der Waals surface area contributed by atoms with Crippen molar-refractivity contribution in [3.05, 3.63) is 39.9 Å². The number of hydrogen-bond acceptors (Lipinski definition) is 5. The normalized spacial score (nSPS) is 11.3. The van der Waals surface area contributed by atoms with Gasteiger partial charge in [-0.05, 0) is 17.7 Å². The van der Waals surface area contributed by atoms with Crippen LogP contribution >= 0.6 is 0 Å². The number of aliphatic hydroxyl groups excluding tert-OH is 1. The molecule has 1 amide bonds. The lowest BCUT2D eigenvalue weighted by Gasteiger charge is -2.16. The molecule has 19 heavy (non-hydrogen) atoms. The van der Waals surface area contributed by atoms with E-state index in [-0.39, 0.29) is 11.3 Å². The molecule has 0 heterocycles. The van der Waals surface area contributed by atoms with Crippen LogP contribution in [0, 0.1) is 10.1 Å². The molecule has 1 aromatic carbocycles. The fourth-order valence-electron chi connectivity index (χ4n) is 1.55. The molecule has 0 aliphatic rings. The summed E-state index contributed by atoms with van der Waals surface area (Å²) in [5, 5.41) is 22.1. The Labute approximate surface area is 108 Å². The smallest absolute Gasteiger partial charge is 0.269 e. The number of nitrogens with one attached hydrogen (secondary N) is 1. The molecule has 0 spiro atoms. The zero-order chi connectivity index (χ0) is 14.4. The number of carbonyl (C=O) groups is 1. The first-order valence-corrected chi connectivity index (χ1v) is 5.37. The van der Waals surface area contributed by atoms with Gasteiger partial charge in [-0.2, -0.15) is 0 Å². The van der Waals surface area contributed by atoms with Gasteiger partial charge in [0.15, 0.2) is 0 Å². The molecule has 7 heteroatoms. The molecule has 0 aromatic heterocycles. The van der Waals surface area contributed by atoms with Crippen LogP contribution in [0.15, 0.2) is 24.3 Å². The van der Waals surface area contributed by atoms with Crippen LogP contribution in [0.3, 0.4) is 0 Å². The third kappa shape index (κ3) is 3.74. The summed E-state index contributed by atoms with van der Waals surface area (Å²) in [6.07, 6.45) is 0. The van der Waals surface area contributed by atoms with Gasteiger partial charge < -0.3 is 10.4 Å². The first-order valence-electron chi connectivity index (χ1n) is 5.37. The minimum atomic E-state index is -0.892. The average molecular weight is 264 g/mol. The summed E-state index contributed by atoms with van der Waals surface area (Å²) >= 11 is 0. The van der Waals surface area contributed by atoms with Gasteiger partial charge in [-0.1, -0.05) is 0 Å². The lowest BCUT2D eigenvalue weighted by Crippen LogP contribution is -2.37. The monoisotopic (exact) mass is 264 g/mol. The fraction of sp³-hybridized carbons (Fsp3) is 0.250. The predicted octanol–water partition coefficient (Wildman–Crippen LogP) is 0.307. The number of nitrogens with zero attached hydrogens (tertiary/aromatic N) is 1. The van der Waals surface area contributed by atoms with Crippen LogP contribution in [0.1, 0.15) is 12.5 Å². The molecule has 1 unspecified atom stereocenters. The highest BCUT2D eigenvalue weighted by atomic mass is 16.6. The molecular weight excluding hydrogens is 252 g/mol. The maximum atomic E-state index is 11.0. The van der Waals surface area contributed by atoms with E-state index in [1.54, 1.807) is 5.94 Å². The quantitative estimate of drug-likeness (QED) is 0.451. The van der Waals surface area contributed by atoms with E-state index in [1.165, 1.54) is 31.2 Å². The van der Waals surface area contributed by atoms with Gasteiger partial charge in [0.1, 0.15) is 5.94 Å². The topological polar surface area (TPSA) is 110 Å². The minimum Gasteiger partial charge on any atom is -0.394 e. The molecule has 0 bridgehead atoms. The molecule has 0 saturated heterocycles. The van der Waals surface area contributed by atoms with E-state index in [9.17, 15) is 19.7 Å². The van der Waals surface area contributed by atoms with E-state index >= 15 is 0 Å². The molecular formula is C12H12N2O5. The van der Waals surface area contributed by atoms with E-state index < -0.39 is 23.5 Å². The number of aliphatic hydroxyl groups is 1. The SMILES string of the molecule is CC(=O)NC(CO)C(=C=O)c1ccc([N+](=O)[O-])cc1. The van der Waals surface area contributed by atoms with Crippen LogP contribution in [0.25, 0.3) is 5.57 Å². The number of hydrogen-bond donors (Lipinski definition) is 2. The van der Waals surface area contributed by atoms with Crippen molar-refractivity contribution < 1.29 is 19.6 Å². The van der Waals surface area contributed by atoms with Gasteiger partial charge >= 0.3 is 0 Å². The second-order valence-electron chi connectivity index (χ2n) is 3.76. The molecule has 0 saturated carbocycles. The van der Waals surface area contributed by atoms with Gasteiger partial charge in [0.05, 0.1) is 23.1 Å². The molecule has 0 aliphatic heterocycles. The van der Waals surface area contributed by atoms with Crippen molar-refractivity contribution in [3.8, 4) is 0 Å². The Hall–Kier alpha value is -2.50. The Morgan fingerprint density at radius 1 is 1.47 bits per heavy atom. The Balaban J connectivity index is 3.06. The summed E-state index contributed by atoms with van der Waals surface area (Å²) in [5.41, 5.74) is 0.273. The van der Waals surface area contributed by atoms with Crippen LogP contribution in [0.5, 0.6) is 0 Å². The second kappa shape index (κ2) is 6.44. The van der Waals surface area contributed by atoms with Gasteiger partial charge in [0.2, 0.25) is 5.91 Å². The van der Waals surface area contributed by atoms with Gasteiger partial charge in [0.25, 0.3) is 5.69 Å². The van der Waals surface area contributed by atoms with E-state index in [1.807, 2.05) is 0 Å². The van der Waals surface area contributed by atoms with Crippen molar-refractivity contribution in [1.82, 2.24) is 5.32 Å². The van der Waals surface area contributed by atoms with E-state index in [2.05, 4.69) is 5.32 Å². The number of benzene rings is 1. The predicted molar refractivity (Wildman–Crippen MR) is 66.9 cm³/mol. The average Bonchev–Trinajstić information content (AvgIpc) is 2.38. The molecule has 100 valence electrons. The number of nitro groups is 1. The molecule has 1 aromatic rings. The Kier molecular flexibility index (Phi) is 4.93. The molecule has 1 atom stereocenters. The van der Waals surface area contributed by atoms with E-state index in [0.29, 0.717) is 5.56 Å². The number of rotatable bonds is 5. The lowest BCUT2D eigenvalue weighted by atomic mass is 10.00. The molecule has 0 fully saturated rings. The van der Waals surface area contributed by atoms with Crippen molar-refractivity contribution in [3.63, 3.8) is 0 Å². The van der Waals surface area contributed by atoms with Crippen LogP contribution in [0.4, 0.5) is 5.69 Å². The third-order valence-electron chi connectivity index (χ3n) is 2.41. The van der Waals surface area contributed by atoms with Gasteiger partial charge in [-0.25, -0.2) is 4.79 Å². The van der Waals surface area contributed by atoms with Crippen LogP contribution in [0.2, 0.25) is 0 Å². The van der Waals surface area contributed by atoms with Crippen molar-refractivity contribution >= 4 is 23.1 Å². The molecule has 0 radical (unpaired) electrons. The standard InChI is InChI=1S/C12H12N2O5/c1-8(17)13-12(7-16)11(6-15)9-2-4-10(5-3-9)14(18)19/h2-5,12,16H,7H2,1H3,(H,13,17). The minimum absolute atomic E-state index is 0.0348. The maximum absolute atomic E-state index is 11.0. The highest BCUT2D eigenvalue weighted by molar-refractivity contribution is 5.92. The summed E-state index contributed by atoms with van der Waals surface area (Å²) in [5.74, 6) is 1.24. The number of amides is 1. The van der Waals surface area contributed by atoms with Crippen molar-refractivity contribution in [2.24, 2.45) is 0 Å². The maximum Gasteiger partial charge on any atom is 0.269 e. The zero-order valence-electron chi connectivity index (χ0n) is 10.1. The number of nitro benzene ring substituents is 1. The summed E-state index contributed by atoms with van der Waals surface area (Å²) in [6.45, 7) is 0.780. The van der Waals surface area contributed by atoms with Gasteiger partial charge in [-0.15, -0.1) is 0 Å². The molecule has 2 N–H and O–H groups in total. The van der Waals surface area contributed by atoms with Gasteiger partial charge in [0, 0.05) is 19.1 Å². The molecule has 7 nitrogen and oxygen atoms in total. The Morgan fingerprint density at radius 2 is 2.05 bits per heavy atom. The molecule has 0 aliphatic carbocycles. The van der Waals surface area contributed by atoms with Crippen molar-refractivity contribution in [2.75, 3.05) is 6.61 Å². The number of carbonyl (C=O) groups excluding carboxylic acids is 2. The van der Waals surface area contributed by atoms with Crippen LogP contribution < -0.4 is 5.32 Å². The second-order valence-corrected chi connectivity index (χ2v) is 3.76. The first-order chi connectivity index (χ1) is 8.99. The largest absolute Gasteiger partial charge is 0.394 e. The van der Waals surface area contributed by atoms with Crippen LogP contribution in [-0.2, 0) is 9.59 Å². The summed E-state index contributed by atoms with van der Waals surface area (Å²) in [6, 6.07) is 4.30. The third-order valence-corrected chi connectivity index (χ3v) is 2.41. The summed E-state index contributed by atoms with van der Waals surface area (Å²) < 4.78 is 0. The van der Waals surface area contributed by atoms with Crippen LogP contribution in [-0.4, -0.2) is 34.5 Å². The summed E-state index contributed by atoms with van der Waals surface area (Å²) in [7, 11) is 0. The first kappa shape index (κ1) is 14.6. The van der Waals surface area contributed by atoms with Gasteiger partial charge in [-0.3, -0.25) is 14.9 Å². The Bertz CT molecular complexity index is 532. The lowest BCUT2D eigenvalue weighted by molar-refractivity contribution is -0.384. The van der Waals surface area contributed by atoms with E-state index in [4.69, 9.17) is 5.11 Å². The molecule has 1 rings (SSSR count). The highest BCUT2D eigenvalue weighted by Crippen LogP contribution is 2.19. The van der Waals surface area contributed by atoms with Crippen molar-refractivity contribution in [2.45, 2.75) is 13.0 Å². The highest BCUT2D eigenvalue weighted by Gasteiger charge is 2.18. The Morgan fingerprint density at radius 3 is 2.42 bits per heavy atom. The zero-order valence-corrected chi connectivity index (χ0v) is 10.1. The fourth-order valence-corrected chi connectivity index (χ4v) is 1.55. The van der Waals surface area contributed by atoms with Crippen molar-refractivity contribution in [1.29, 1.82) is 0 Å². The van der Waals surface area contributed by atoms with E-state index in [0.717, 1.165) is 0 Å².